The number of nitrogens with one attached hydrogen (secondary N) is 2. The third-order valence-electron chi connectivity index (χ3n) is 5.11. The number of carbonyl (C=O) groups is 2. The molecule has 1 saturated carbocycles. The van der Waals surface area contributed by atoms with Crippen molar-refractivity contribution in [2.75, 3.05) is 5.32 Å². The van der Waals surface area contributed by atoms with Crippen molar-refractivity contribution in [1.82, 2.24) is 10.3 Å². The predicted octanol–water partition coefficient (Wildman–Crippen LogP) is 4.32. The van der Waals surface area contributed by atoms with Crippen LogP contribution in [0.3, 0.4) is 0 Å². The molecule has 0 radical (unpaired) electrons. The molecule has 1 aromatic heterocycles. The third kappa shape index (κ3) is 4.73. The topological polar surface area (TPSA) is 71.1 Å². The lowest BCUT2D eigenvalue weighted by atomic mass is 9.95. The number of carbonyl (C=O) groups excluding carboxylic acids is 2. The van der Waals surface area contributed by atoms with Crippen LogP contribution in [0.25, 0.3) is 0 Å². The fourth-order valence-electron chi connectivity index (χ4n) is 3.77. The summed E-state index contributed by atoms with van der Waals surface area (Å²) in [4.78, 5) is 29.3. The summed E-state index contributed by atoms with van der Waals surface area (Å²) in [6.45, 7) is 5.97. The molecule has 1 aliphatic rings. The van der Waals surface area contributed by atoms with Gasteiger partial charge < -0.3 is 10.6 Å². The maximum absolute atomic E-state index is 12.7. The molecule has 3 rings (SSSR count). The number of hydrogen-bond acceptors (Lipinski definition) is 3. The van der Waals surface area contributed by atoms with Gasteiger partial charge in [-0.05, 0) is 56.9 Å². The minimum absolute atomic E-state index is 0.138. The van der Waals surface area contributed by atoms with E-state index in [1.165, 1.54) is 12.6 Å². The van der Waals surface area contributed by atoms with E-state index in [-0.39, 0.29) is 23.6 Å². The fraction of sp³-hybridized carbons (Fsp3) is 0.409. The number of aryl methyl sites for hydroxylation is 3. The molecule has 0 spiro atoms. The molecule has 5 nitrogen and oxygen atoms in total. The van der Waals surface area contributed by atoms with Crippen LogP contribution in [-0.4, -0.2) is 22.8 Å². The van der Waals surface area contributed by atoms with Crippen LogP contribution in [0.5, 0.6) is 0 Å². The van der Waals surface area contributed by atoms with Gasteiger partial charge in [-0.3, -0.25) is 14.6 Å². The molecule has 1 aliphatic carbocycles. The van der Waals surface area contributed by atoms with Crippen molar-refractivity contribution in [3.05, 3.63) is 58.4 Å². The monoisotopic (exact) mass is 365 g/mol. The van der Waals surface area contributed by atoms with Gasteiger partial charge in [0.05, 0.1) is 0 Å². The van der Waals surface area contributed by atoms with Gasteiger partial charge in [0.25, 0.3) is 11.8 Å². The summed E-state index contributed by atoms with van der Waals surface area (Å²) in [5.41, 5.74) is 4.68. The maximum atomic E-state index is 12.7. The molecule has 0 saturated heterocycles. The first-order valence-corrected chi connectivity index (χ1v) is 9.60. The summed E-state index contributed by atoms with van der Waals surface area (Å²) in [5, 5.41) is 6.01. The van der Waals surface area contributed by atoms with Crippen LogP contribution in [0.1, 0.15) is 69.6 Å². The molecule has 27 heavy (non-hydrogen) atoms. The van der Waals surface area contributed by atoms with Crippen molar-refractivity contribution in [2.24, 2.45) is 0 Å². The molecular formula is C22H27N3O2. The van der Waals surface area contributed by atoms with Gasteiger partial charge in [0.1, 0.15) is 5.69 Å². The van der Waals surface area contributed by atoms with Crippen molar-refractivity contribution in [3.8, 4) is 0 Å². The van der Waals surface area contributed by atoms with Gasteiger partial charge in [0.15, 0.2) is 0 Å². The second kappa shape index (κ2) is 8.33. The van der Waals surface area contributed by atoms with Crippen molar-refractivity contribution in [3.63, 3.8) is 0 Å². The van der Waals surface area contributed by atoms with E-state index in [1.54, 1.807) is 12.1 Å². The Morgan fingerprint density at radius 1 is 0.963 bits per heavy atom. The molecule has 1 heterocycles. The van der Waals surface area contributed by atoms with E-state index in [0.717, 1.165) is 48.1 Å². The van der Waals surface area contributed by atoms with Gasteiger partial charge in [-0.1, -0.05) is 37.0 Å². The predicted molar refractivity (Wildman–Crippen MR) is 107 cm³/mol. The Hall–Kier alpha value is -2.69. The molecule has 142 valence electrons. The average molecular weight is 365 g/mol. The van der Waals surface area contributed by atoms with Crippen molar-refractivity contribution in [1.29, 1.82) is 0 Å². The maximum Gasteiger partial charge on any atom is 0.274 e. The van der Waals surface area contributed by atoms with E-state index in [9.17, 15) is 9.59 Å². The number of anilines is 1. The molecule has 2 amide bonds. The van der Waals surface area contributed by atoms with E-state index in [4.69, 9.17) is 0 Å². The minimum Gasteiger partial charge on any atom is -0.349 e. The number of aromatic nitrogens is 1. The molecule has 2 aromatic rings. The van der Waals surface area contributed by atoms with Crippen LogP contribution in [0.15, 0.2) is 30.5 Å². The molecule has 0 atom stereocenters. The second-order valence-corrected chi connectivity index (χ2v) is 7.47. The zero-order valence-corrected chi connectivity index (χ0v) is 16.3. The Bertz CT molecular complexity index is 831. The molecule has 1 aromatic carbocycles. The van der Waals surface area contributed by atoms with Gasteiger partial charge in [0, 0.05) is 23.5 Å². The number of pyridine rings is 1. The zero-order valence-electron chi connectivity index (χ0n) is 16.3. The van der Waals surface area contributed by atoms with Crippen molar-refractivity contribution >= 4 is 17.5 Å². The Balaban J connectivity index is 1.73. The summed E-state index contributed by atoms with van der Waals surface area (Å²) in [6, 6.07) is 7.51. The third-order valence-corrected chi connectivity index (χ3v) is 5.11. The van der Waals surface area contributed by atoms with Gasteiger partial charge in [-0.2, -0.15) is 0 Å². The van der Waals surface area contributed by atoms with E-state index in [0.29, 0.717) is 5.56 Å². The Kier molecular flexibility index (Phi) is 5.89. The SMILES string of the molecule is Cc1cc(C)c(NC(=O)c2cc(C(=O)NC3CCCCC3)ccn2)c(C)c1. The Morgan fingerprint density at radius 3 is 2.30 bits per heavy atom. The van der Waals surface area contributed by atoms with E-state index < -0.39 is 0 Å². The number of benzene rings is 1. The first-order chi connectivity index (χ1) is 12.9. The van der Waals surface area contributed by atoms with Gasteiger partial charge in [0.2, 0.25) is 0 Å². The standard InChI is InChI=1S/C22H27N3O2/c1-14-11-15(2)20(16(3)12-14)25-22(27)19-13-17(9-10-23-19)21(26)24-18-7-5-4-6-8-18/h9-13,18H,4-8H2,1-3H3,(H,24,26)(H,25,27). The first kappa shape index (κ1) is 19.1. The second-order valence-electron chi connectivity index (χ2n) is 7.47. The highest BCUT2D eigenvalue weighted by atomic mass is 16.2. The van der Waals surface area contributed by atoms with E-state index in [1.807, 2.05) is 32.9 Å². The number of rotatable bonds is 4. The van der Waals surface area contributed by atoms with Crippen LogP contribution in [-0.2, 0) is 0 Å². The summed E-state index contributed by atoms with van der Waals surface area (Å²) in [5.74, 6) is -0.446. The summed E-state index contributed by atoms with van der Waals surface area (Å²) in [6.07, 6.45) is 7.12. The highest BCUT2D eigenvalue weighted by Gasteiger charge is 2.18. The van der Waals surface area contributed by atoms with Crippen molar-refractivity contribution < 1.29 is 9.59 Å². The number of nitrogens with zero attached hydrogens (tertiary/aromatic N) is 1. The molecule has 2 N–H and O–H groups in total. The summed E-state index contributed by atoms with van der Waals surface area (Å²) < 4.78 is 0. The van der Waals surface area contributed by atoms with E-state index >= 15 is 0 Å². The summed E-state index contributed by atoms with van der Waals surface area (Å²) in [7, 11) is 0. The van der Waals surface area contributed by atoms with Crippen LogP contribution in [0, 0.1) is 20.8 Å². The van der Waals surface area contributed by atoms with Crippen molar-refractivity contribution in [2.45, 2.75) is 58.9 Å². The van der Waals surface area contributed by atoms with Crippen LogP contribution < -0.4 is 10.6 Å². The molecule has 0 aliphatic heterocycles. The largest absolute Gasteiger partial charge is 0.349 e. The van der Waals surface area contributed by atoms with Crippen LogP contribution in [0.4, 0.5) is 5.69 Å². The quantitative estimate of drug-likeness (QED) is 0.847. The highest BCUT2D eigenvalue weighted by molar-refractivity contribution is 6.05. The van der Waals surface area contributed by atoms with Gasteiger partial charge in [-0.25, -0.2) is 0 Å². The first-order valence-electron chi connectivity index (χ1n) is 9.60. The number of amides is 2. The van der Waals surface area contributed by atoms with Gasteiger partial charge in [-0.15, -0.1) is 0 Å². The fourth-order valence-corrected chi connectivity index (χ4v) is 3.77. The minimum atomic E-state index is -0.308. The lowest BCUT2D eigenvalue weighted by Crippen LogP contribution is -2.36. The van der Waals surface area contributed by atoms with Crippen LogP contribution >= 0.6 is 0 Å². The average Bonchev–Trinajstić information content (AvgIpc) is 2.65. The zero-order chi connectivity index (χ0) is 19.4. The van der Waals surface area contributed by atoms with Crippen LogP contribution in [0.2, 0.25) is 0 Å². The highest BCUT2D eigenvalue weighted by Crippen LogP contribution is 2.22. The van der Waals surface area contributed by atoms with Gasteiger partial charge >= 0.3 is 0 Å². The number of hydrogen-bond donors (Lipinski definition) is 2. The Labute approximate surface area is 160 Å². The molecule has 0 bridgehead atoms. The molecule has 5 heteroatoms. The smallest absolute Gasteiger partial charge is 0.274 e. The molecule has 0 unspecified atom stereocenters. The van der Waals surface area contributed by atoms with E-state index in [2.05, 4.69) is 15.6 Å². The Morgan fingerprint density at radius 2 is 1.63 bits per heavy atom. The normalized spacial score (nSPS) is 14.6. The summed E-state index contributed by atoms with van der Waals surface area (Å²) >= 11 is 0. The molecule has 1 fully saturated rings. The molecular weight excluding hydrogens is 338 g/mol. The lowest BCUT2D eigenvalue weighted by Gasteiger charge is -2.22. The lowest BCUT2D eigenvalue weighted by molar-refractivity contribution is 0.0927.